The zero-order valence-corrected chi connectivity index (χ0v) is 16.8. The number of hydrogen-bond donors (Lipinski definition) is 2. The summed E-state index contributed by atoms with van der Waals surface area (Å²) >= 11 is 6.01. The summed E-state index contributed by atoms with van der Waals surface area (Å²) in [7, 11) is 0. The standard InChI is InChI=1S/C24H16ClNO5/c25-17-11-9-14(10-12-17)20-19(21(27)15-5-2-1-3-6-15)22(28)23(29)26(20)18-8-4-7-16(13-18)24(30)31/h1-13,20,27H,(H,30,31)/b21-19+. The van der Waals surface area contributed by atoms with Crippen molar-refractivity contribution in [3.05, 3.63) is 106 Å². The fourth-order valence-electron chi connectivity index (χ4n) is 3.60. The number of aromatic carboxylic acids is 1. The summed E-state index contributed by atoms with van der Waals surface area (Å²) in [5.41, 5.74) is 1.05. The summed E-state index contributed by atoms with van der Waals surface area (Å²) in [5.74, 6) is -3.19. The minimum Gasteiger partial charge on any atom is -0.507 e. The van der Waals surface area contributed by atoms with Crippen molar-refractivity contribution in [1.82, 2.24) is 0 Å². The summed E-state index contributed by atoms with van der Waals surface area (Å²) in [4.78, 5) is 38.7. The number of hydrogen-bond acceptors (Lipinski definition) is 4. The molecule has 0 saturated carbocycles. The second-order valence-electron chi connectivity index (χ2n) is 6.94. The number of carboxylic acid groups (broad SMARTS) is 1. The maximum atomic E-state index is 13.0. The van der Waals surface area contributed by atoms with Crippen LogP contribution in [0.2, 0.25) is 5.02 Å². The number of carbonyl (C=O) groups excluding carboxylic acids is 2. The number of aliphatic hydroxyl groups is 1. The molecule has 1 fully saturated rings. The van der Waals surface area contributed by atoms with Crippen LogP contribution in [0.3, 0.4) is 0 Å². The molecular formula is C24H16ClNO5. The van der Waals surface area contributed by atoms with Crippen LogP contribution in [0, 0.1) is 0 Å². The fourth-order valence-corrected chi connectivity index (χ4v) is 3.73. The third-order valence-electron chi connectivity index (χ3n) is 5.05. The first-order chi connectivity index (χ1) is 14.9. The lowest BCUT2D eigenvalue weighted by Crippen LogP contribution is -2.29. The summed E-state index contributed by atoms with van der Waals surface area (Å²) < 4.78 is 0. The molecule has 1 atom stereocenters. The highest BCUT2D eigenvalue weighted by Crippen LogP contribution is 2.42. The first-order valence-corrected chi connectivity index (χ1v) is 9.71. The number of amides is 1. The largest absolute Gasteiger partial charge is 0.507 e. The lowest BCUT2D eigenvalue weighted by Gasteiger charge is -2.25. The van der Waals surface area contributed by atoms with Crippen molar-refractivity contribution in [2.24, 2.45) is 0 Å². The van der Waals surface area contributed by atoms with E-state index in [0.717, 1.165) is 0 Å². The van der Waals surface area contributed by atoms with E-state index in [1.165, 1.54) is 23.1 Å². The third kappa shape index (κ3) is 3.69. The predicted molar refractivity (Wildman–Crippen MR) is 116 cm³/mol. The fraction of sp³-hybridized carbons (Fsp3) is 0.0417. The van der Waals surface area contributed by atoms with Gasteiger partial charge in [0.15, 0.2) is 0 Å². The molecule has 2 N–H and O–H groups in total. The van der Waals surface area contributed by atoms with E-state index in [1.54, 1.807) is 60.7 Å². The maximum absolute atomic E-state index is 13.0. The molecule has 6 nitrogen and oxygen atoms in total. The number of nitrogens with zero attached hydrogens (tertiary/aromatic N) is 1. The van der Waals surface area contributed by atoms with Crippen molar-refractivity contribution in [1.29, 1.82) is 0 Å². The molecule has 1 heterocycles. The van der Waals surface area contributed by atoms with Gasteiger partial charge in [0.25, 0.3) is 11.7 Å². The highest BCUT2D eigenvalue weighted by atomic mass is 35.5. The molecule has 7 heteroatoms. The van der Waals surface area contributed by atoms with E-state index in [0.29, 0.717) is 16.1 Å². The normalized spacial score (nSPS) is 17.7. The topological polar surface area (TPSA) is 94.9 Å². The molecule has 31 heavy (non-hydrogen) atoms. The van der Waals surface area contributed by atoms with E-state index < -0.39 is 23.7 Å². The number of aliphatic hydroxyl groups excluding tert-OH is 1. The Labute approximate surface area is 182 Å². The Morgan fingerprint density at radius 3 is 2.13 bits per heavy atom. The molecule has 1 saturated heterocycles. The highest BCUT2D eigenvalue weighted by molar-refractivity contribution is 6.51. The lowest BCUT2D eigenvalue weighted by molar-refractivity contribution is -0.132. The molecule has 3 aromatic rings. The Morgan fingerprint density at radius 1 is 0.839 bits per heavy atom. The van der Waals surface area contributed by atoms with Crippen LogP contribution in [-0.2, 0) is 9.59 Å². The molecule has 0 spiro atoms. The van der Waals surface area contributed by atoms with Crippen molar-refractivity contribution >= 4 is 40.7 Å². The molecule has 3 aromatic carbocycles. The van der Waals surface area contributed by atoms with E-state index in [1.807, 2.05) is 0 Å². The van der Waals surface area contributed by atoms with E-state index in [2.05, 4.69) is 0 Å². The molecule has 1 amide bonds. The van der Waals surface area contributed by atoms with Gasteiger partial charge in [-0.25, -0.2) is 4.79 Å². The predicted octanol–water partition coefficient (Wildman–Crippen LogP) is 4.66. The molecule has 4 rings (SSSR count). The highest BCUT2D eigenvalue weighted by Gasteiger charge is 2.47. The Bertz CT molecular complexity index is 1220. The zero-order valence-electron chi connectivity index (χ0n) is 16.0. The van der Waals surface area contributed by atoms with Gasteiger partial charge in [-0.1, -0.05) is 60.1 Å². The number of carbonyl (C=O) groups is 3. The van der Waals surface area contributed by atoms with Crippen LogP contribution >= 0.6 is 11.6 Å². The monoisotopic (exact) mass is 433 g/mol. The van der Waals surface area contributed by atoms with Crippen LogP contribution in [-0.4, -0.2) is 27.9 Å². The van der Waals surface area contributed by atoms with Gasteiger partial charge < -0.3 is 10.2 Å². The van der Waals surface area contributed by atoms with Crippen LogP contribution < -0.4 is 4.90 Å². The summed E-state index contributed by atoms with van der Waals surface area (Å²) in [6.07, 6.45) is 0. The second-order valence-corrected chi connectivity index (χ2v) is 7.38. The molecule has 0 aliphatic carbocycles. The Morgan fingerprint density at radius 2 is 1.48 bits per heavy atom. The van der Waals surface area contributed by atoms with Gasteiger partial charge in [0, 0.05) is 16.3 Å². The van der Waals surface area contributed by atoms with E-state index >= 15 is 0 Å². The number of ketones is 1. The number of rotatable bonds is 4. The van der Waals surface area contributed by atoms with Crippen LogP contribution in [0.1, 0.15) is 27.5 Å². The van der Waals surface area contributed by atoms with Gasteiger partial charge in [0.05, 0.1) is 17.2 Å². The van der Waals surface area contributed by atoms with E-state index in [9.17, 15) is 24.6 Å². The van der Waals surface area contributed by atoms with Gasteiger partial charge in [-0.15, -0.1) is 0 Å². The van der Waals surface area contributed by atoms with Gasteiger partial charge in [0.1, 0.15) is 5.76 Å². The molecule has 154 valence electrons. The number of halogens is 1. The summed E-state index contributed by atoms with van der Waals surface area (Å²) in [5, 5.41) is 20.8. The number of anilines is 1. The minimum atomic E-state index is -1.16. The maximum Gasteiger partial charge on any atom is 0.335 e. The smallest absolute Gasteiger partial charge is 0.335 e. The van der Waals surface area contributed by atoms with E-state index in [-0.39, 0.29) is 22.6 Å². The first-order valence-electron chi connectivity index (χ1n) is 9.33. The molecule has 0 aromatic heterocycles. The number of Topliss-reactive ketones (excluding diaryl/α,β-unsaturated/α-hetero) is 1. The quantitative estimate of drug-likeness (QED) is 0.354. The minimum absolute atomic E-state index is 0.0303. The van der Waals surface area contributed by atoms with Gasteiger partial charge in [-0.05, 0) is 35.9 Å². The van der Waals surface area contributed by atoms with Crippen LogP contribution in [0.5, 0.6) is 0 Å². The average molecular weight is 434 g/mol. The van der Waals surface area contributed by atoms with Crippen molar-refractivity contribution in [2.45, 2.75) is 6.04 Å². The Kier molecular flexibility index (Phi) is 5.31. The third-order valence-corrected chi connectivity index (χ3v) is 5.30. The van der Waals surface area contributed by atoms with E-state index in [4.69, 9.17) is 11.6 Å². The van der Waals surface area contributed by atoms with Crippen LogP contribution in [0.25, 0.3) is 5.76 Å². The summed E-state index contributed by atoms with van der Waals surface area (Å²) in [6, 6.07) is 19.8. The number of carboxylic acids is 1. The molecule has 1 aliphatic rings. The SMILES string of the molecule is O=C1C(=O)N(c2cccc(C(=O)O)c2)C(c2ccc(Cl)cc2)/C1=C(\O)c1ccccc1. The molecule has 0 radical (unpaired) electrons. The van der Waals surface area contributed by atoms with Crippen molar-refractivity contribution < 1.29 is 24.6 Å². The second kappa shape index (κ2) is 8.08. The van der Waals surface area contributed by atoms with Crippen molar-refractivity contribution in [3.8, 4) is 0 Å². The summed E-state index contributed by atoms with van der Waals surface area (Å²) in [6.45, 7) is 0. The van der Waals surface area contributed by atoms with Gasteiger partial charge in [0.2, 0.25) is 0 Å². The van der Waals surface area contributed by atoms with Gasteiger partial charge in [-0.2, -0.15) is 0 Å². The average Bonchev–Trinajstić information content (AvgIpc) is 3.05. The van der Waals surface area contributed by atoms with Crippen LogP contribution in [0.4, 0.5) is 5.69 Å². The molecule has 1 unspecified atom stereocenters. The van der Waals surface area contributed by atoms with Gasteiger partial charge >= 0.3 is 5.97 Å². The Hall–Kier alpha value is -3.90. The van der Waals surface area contributed by atoms with Crippen molar-refractivity contribution in [2.75, 3.05) is 4.90 Å². The Balaban J connectivity index is 1.95. The van der Waals surface area contributed by atoms with Crippen molar-refractivity contribution in [3.63, 3.8) is 0 Å². The van der Waals surface area contributed by atoms with Crippen LogP contribution in [0.15, 0.2) is 84.4 Å². The van der Waals surface area contributed by atoms with Gasteiger partial charge in [-0.3, -0.25) is 14.5 Å². The molecule has 0 bridgehead atoms. The lowest BCUT2D eigenvalue weighted by atomic mass is 9.95. The first kappa shape index (κ1) is 20.4. The molecule has 1 aliphatic heterocycles. The number of benzene rings is 3. The zero-order chi connectivity index (χ0) is 22.1. The molecular weight excluding hydrogens is 418 g/mol.